The van der Waals surface area contributed by atoms with E-state index in [4.69, 9.17) is 0 Å². The van der Waals surface area contributed by atoms with Crippen molar-refractivity contribution in [2.75, 3.05) is 6.54 Å². The molecule has 2 aliphatic rings. The van der Waals surface area contributed by atoms with Crippen LogP contribution in [0.2, 0.25) is 0 Å². The topological polar surface area (TPSA) is 62.5 Å². The lowest BCUT2D eigenvalue weighted by molar-refractivity contribution is 0.0763. The fraction of sp³-hybridized carbons (Fsp3) is 0.200. The first-order valence-corrected chi connectivity index (χ1v) is 8.43. The Balaban J connectivity index is 1.74. The lowest BCUT2D eigenvalue weighted by atomic mass is 10.0. The Hall–Kier alpha value is -3.08. The molecule has 25 heavy (non-hydrogen) atoms. The molecule has 0 spiro atoms. The molecule has 1 aromatic heterocycles. The predicted octanol–water partition coefficient (Wildman–Crippen LogP) is 3.12. The molecule has 1 saturated heterocycles. The Labute approximate surface area is 143 Å². The van der Waals surface area contributed by atoms with Gasteiger partial charge in [0.05, 0.1) is 5.52 Å². The molecule has 1 fully saturated rings. The van der Waals surface area contributed by atoms with Gasteiger partial charge in [-0.05, 0) is 48.2 Å². The average molecular weight is 332 g/mol. The molecule has 1 N–H and O–H groups in total. The number of carbonyl (C=O) groups excluding carboxylic acids is 1. The third-order valence-electron chi connectivity index (χ3n) is 5.25. The molecule has 5 heteroatoms. The number of rotatable bonds is 1. The number of phenols is 1. The number of pyridine rings is 1. The Kier molecular flexibility index (Phi) is 2.83. The molecule has 3 aromatic rings. The summed E-state index contributed by atoms with van der Waals surface area (Å²) in [6.07, 6.45) is 1.95. The summed E-state index contributed by atoms with van der Waals surface area (Å²) in [4.78, 5) is 27.0. The summed E-state index contributed by atoms with van der Waals surface area (Å²) in [6.45, 7) is 0.756. The number of amides is 1. The predicted molar refractivity (Wildman–Crippen MR) is 94.6 cm³/mol. The minimum absolute atomic E-state index is 0.0325. The zero-order chi connectivity index (χ0) is 17.1. The van der Waals surface area contributed by atoms with Crippen LogP contribution in [0, 0.1) is 0 Å². The third-order valence-corrected chi connectivity index (χ3v) is 5.25. The van der Waals surface area contributed by atoms with Gasteiger partial charge in [-0.2, -0.15) is 0 Å². The van der Waals surface area contributed by atoms with Crippen molar-refractivity contribution in [3.63, 3.8) is 0 Å². The van der Waals surface area contributed by atoms with Gasteiger partial charge in [0, 0.05) is 18.0 Å². The summed E-state index contributed by atoms with van der Waals surface area (Å²) in [5, 5.41) is 10.1. The second-order valence-electron chi connectivity index (χ2n) is 6.66. The average Bonchev–Trinajstić information content (AvgIpc) is 3.19. The highest BCUT2D eigenvalue weighted by atomic mass is 16.3. The normalized spacial score (nSPS) is 18.6. The van der Waals surface area contributed by atoms with Crippen molar-refractivity contribution in [3.05, 3.63) is 64.4 Å². The highest BCUT2D eigenvalue weighted by Crippen LogP contribution is 2.37. The number of fused-ring (bicyclic) bond motifs is 5. The zero-order valence-electron chi connectivity index (χ0n) is 13.5. The van der Waals surface area contributed by atoms with Gasteiger partial charge < -0.3 is 14.6 Å². The standard InChI is InChI=1S/C20H16N2O3/c23-14-6-3-12(4-7-14)13-5-8-16-15(10-13)18(24)11-17-20(25)21-9-1-2-19(21)22(16)17/h3-8,10-11,19,23H,1-2,9H2. The monoisotopic (exact) mass is 332 g/mol. The SMILES string of the molecule is O=C1c2cc(=O)c3cc(-c4ccc(O)cc4)ccc3n2C2CCCN12. The fourth-order valence-electron chi connectivity index (χ4n) is 4.07. The van der Waals surface area contributed by atoms with Crippen molar-refractivity contribution in [3.8, 4) is 16.9 Å². The number of benzene rings is 2. The molecule has 0 radical (unpaired) electrons. The lowest BCUT2D eigenvalue weighted by Gasteiger charge is -2.18. The van der Waals surface area contributed by atoms with Crippen LogP contribution in [-0.4, -0.2) is 27.0 Å². The third kappa shape index (κ3) is 1.95. The fourth-order valence-corrected chi connectivity index (χ4v) is 4.07. The summed E-state index contributed by atoms with van der Waals surface area (Å²) < 4.78 is 2.02. The molecular formula is C20H16N2O3. The van der Waals surface area contributed by atoms with Crippen molar-refractivity contribution in [2.45, 2.75) is 19.0 Å². The first kappa shape index (κ1) is 14.3. The molecule has 0 aliphatic carbocycles. The van der Waals surface area contributed by atoms with Crippen LogP contribution in [0.25, 0.3) is 22.0 Å². The summed E-state index contributed by atoms with van der Waals surface area (Å²) in [5.74, 6) is 0.173. The molecule has 1 atom stereocenters. The van der Waals surface area contributed by atoms with Gasteiger partial charge in [0.25, 0.3) is 5.91 Å². The minimum atomic E-state index is -0.128. The van der Waals surface area contributed by atoms with E-state index in [9.17, 15) is 14.7 Å². The van der Waals surface area contributed by atoms with E-state index in [0.717, 1.165) is 36.0 Å². The summed E-state index contributed by atoms with van der Waals surface area (Å²) in [5.41, 5.74) is 3.03. The van der Waals surface area contributed by atoms with Crippen molar-refractivity contribution < 1.29 is 9.90 Å². The van der Waals surface area contributed by atoms with E-state index in [-0.39, 0.29) is 23.3 Å². The van der Waals surface area contributed by atoms with Crippen molar-refractivity contribution in [1.82, 2.24) is 9.47 Å². The summed E-state index contributed by atoms with van der Waals surface area (Å²) >= 11 is 0. The molecule has 2 aliphatic heterocycles. The van der Waals surface area contributed by atoms with E-state index in [1.165, 1.54) is 6.07 Å². The maximum absolute atomic E-state index is 12.6. The van der Waals surface area contributed by atoms with E-state index in [2.05, 4.69) is 0 Å². The van der Waals surface area contributed by atoms with Gasteiger partial charge in [0.2, 0.25) is 0 Å². The smallest absolute Gasteiger partial charge is 0.272 e. The summed E-state index contributed by atoms with van der Waals surface area (Å²) in [7, 11) is 0. The largest absolute Gasteiger partial charge is 0.508 e. The highest BCUT2D eigenvalue weighted by molar-refractivity contribution is 5.98. The van der Waals surface area contributed by atoms with Crippen molar-refractivity contribution in [2.24, 2.45) is 0 Å². The van der Waals surface area contributed by atoms with E-state index in [1.807, 2.05) is 39.8 Å². The maximum atomic E-state index is 12.6. The number of hydrogen-bond acceptors (Lipinski definition) is 3. The molecule has 5 rings (SSSR count). The van der Waals surface area contributed by atoms with Crippen LogP contribution in [0.3, 0.4) is 0 Å². The second-order valence-corrected chi connectivity index (χ2v) is 6.66. The Morgan fingerprint density at radius 3 is 2.52 bits per heavy atom. The van der Waals surface area contributed by atoms with Gasteiger partial charge >= 0.3 is 0 Å². The molecule has 0 saturated carbocycles. The molecule has 3 heterocycles. The number of hydrogen-bond donors (Lipinski definition) is 1. The number of aromatic hydroxyl groups is 1. The van der Waals surface area contributed by atoms with Crippen LogP contribution >= 0.6 is 0 Å². The number of aromatic nitrogens is 1. The number of phenolic OH excluding ortho intramolecular Hbond substituents is 1. The van der Waals surface area contributed by atoms with Crippen LogP contribution in [0.4, 0.5) is 0 Å². The lowest BCUT2D eigenvalue weighted by Crippen LogP contribution is -2.23. The first-order chi connectivity index (χ1) is 12.1. The second kappa shape index (κ2) is 4.96. The Morgan fingerprint density at radius 1 is 0.960 bits per heavy atom. The van der Waals surface area contributed by atoms with E-state index < -0.39 is 0 Å². The zero-order valence-corrected chi connectivity index (χ0v) is 13.5. The van der Waals surface area contributed by atoms with Crippen LogP contribution in [-0.2, 0) is 0 Å². The summed E-state index contributed by atoms with van der Waals surface area (Å²) in [6, 6.07) is 14.1. The van der Waals surface area contributed by atoms with Crippen LogP contribution < -0.4 is 5.43 Å². The molecule has 124 valence electrons. The van der Waals surface area contributed by atoms with Crippen LogP contribution in [0.15, 0.2) is 53.3 Å². The van der Waals surface area contributed by atoms with Gasteiger partial charge in [-0.1, -0.05) is 18.2 Å². The molecule has 1 unspecified atom stereocenters. The van der Waals surface area contributed by atoms with Crippen molar-refractivity contribution >= 4 is 16.8 Å². The first-order valence-electron chi connectivity index (χ1n) is 8.43. The molecule has 0 bridgehead atoms. The van der Waals surface area contributed by atoms with Gasteiger partial charge in [-0.25, -0.2) is 0 Å². The quantitative estimate of drug-likeness (QED) is 0.745. The van der Waals surface area contributed by atoms with Gasteiger partial charge in [-0.3, -0.25) is 9.59 Å². The molecule has 1 amide bonds. The van der Waals surface area contributed by atoms with Gasteiger partial charge in [-0.15, -0.1) is 0 Å². The van der Waals surface area contributed by atoms with Gasteiger partial charge in [0.1, 0.15) is 17.6 Å². The minimum Gasteiger partial charge on any atom is -0.508 e. The molecule has 5 nitrogen and oxygen atoms in total. The van der Waals surface area contributed by atoms with E-state index in [1.54, 1.807) is 12.1 Å². The highest BCUT2D eigenvalue weighted by Gasteiger charge is 2.40. The van der Waals surface area contributed by atoms with Crippen LogP contribution in [0.1, 0.15) is 29.5 Å². The van der Waals surface area contributed by atoms with Crippen molar-refractivity contribution in [1.29, 1.82) is 0 Å². The number of carbonyl (C=O) groups is 1. The van der Waals surface area contributed by atoms with Crippen LogP contribution in [0.5, 0.6) is 5.75 Å². The molecule has 2 aromatic carbocycles. The van der Waals surface area contributed by atoms with E-state index >= 15 is 0 Å². The maximum Gasteiger partial charge on any atom is 0.272 e. The van der Waals surface area contributed by atoms with Gasteiger partial charge in [0.15, 0.2) is 5.43 Å². The van der Waals surface area contributed by atoms with E-state index in [0.29, 0.717) is 11.1 Å². The number of nitrogens with zero attached hydrogens (tertiary/aromatic N) is 2. The molecular weight excluding hydrogens is 316 g/mol. The Morgan fingerprint density at radius 2 is 1.72 bits per heavy atom. The Bertz CT molecular complexity index is 1080.